The first-order chi connectivity index (χ1) is 13.1. The highest BCUT2D eigenvalue weighted by molar-refractivity contribution is 5.85. The third-order valence-electron chi connectivity index (χ3n) is 4.51. The number of hydrogen-bond donors (Lipinski definition) is 1. The second kappa shape index (κ2) is 9.08. The molecule has 0 fully saturated rings. The molecule has 1 amide bonds. The molecule has 3 aromatic carbocycles. The number of aryl methyl sites for hydroxylation is 1. The molecule has 0 heterocycles. The smallest absolute Gasteiger partial charge is 0.258 e. The molecule has 140 valence electrons. The van der Waals surface area contributed by atoms with E-state index in [1.165, 1.54) is 5.56 Å². The molecule has 0 saturated carbocycles. The number of rotatable bonds is 8. The van der Waals surface area contributed by atoms with Crippen LogP contribution in [0, 0.1) is 0 Å². The summed E-state index contributed by atoms with van der Waals surface area (Å²) in [6, 6.07) is 22.0. The van der Waals surface area contributed by atoms with Gasteiger partial charge in [-0.2, -0.15) is 0 Å². The topological polar surface area (TPSA) is 47.6 Å². The maximum Gasteiger partial charge on any atom is 0.258 e. The first kappa shape index (κ1) is 18.8. The van der Waals surface area contributed by atoms with Crippen LogP contribution in [-0.2, 0) is 11.2 Å². The van der Waals surface area contributed by atoms with Gasteiger partial charge in [0.15, 0.2) is 6.61 Å². The fraction of sp³-hybridized carbons (Fsp3) is 0.261. The van der Waals surface area contributed by atoms with E-state index >= 15 is 0 Å². The Bertz CT molecular complexity index is 893. The van der Waals surface area contributed by atoms with E-state index in [4.69, 9.17) is 9.47 Å². The van der Waals surface area contributed by atoms with Gasteiger partial charge in [0.1, 0.15) is 11.5 Å². The van der Waals surface area contributed by atoms with Crippen molar-refractivity contribution in [1.29, 1.82) is 0 Å². The molecule has 0 bridgehead atoms. The second-order valence-corrected chi connectivity index (χ2v) is 6.66. The van der Waals surface area contributed by atoms with Crippen molar-refractivity contribution in [2.24, 2.45) is 0 Å². The molecule has 0 aromatic heterocycles. The van der Waals surface area contributed by atoms with Gasteiger partial charge in [-0.15, -0.1) is 0 Å². The van der Waals surface area contributed by atoms with Crippen LogP contribution >= 0.6 is 0 Å². The van der Waals surface area contributed by atoms with Gasteiger partial charge in [0.2, 0.25) is 0 Å². The highest BCUT2D eigenvalue weighted by Crippen LogP contribution is 2.24. The molecular formula is C23H25NO3. The van der Waals surface area contributed by atoms with Crippen molar-refractivity contribution in [2.75, 3.05) is 13.7 Å². The highest BCUT2D eigenvalue weighted by atomic mass is 16.5. The minimum Gasteiger partial charge on any atom is -0.497 e. The molecule has 0 aliphatic carbocycles. The Hall–Kier alpha value is -3.01. The SMILES string of the molecule is COc1ccc2ccc(OCC(=O)N[C@H](C)CCc3ccccc3)cc2c1. The molecule has 1 atom stereocenters. The number of carbonyl (C=O) groups is 1. The maximum absolute atomic E-state index is 12.1. The van der Waals surface area contributed by atoms with Gasteiger partial charge < -0.3 is 14.8 Å². The van der Waals surface area contributed by atoms with Crippen molar-refractivity contribution in [3.8, 4) is 11.5 Å². The quantitative estimate of drug-likeness (QED) is 0.647. The number of hydrogen-bond acceptors (Lipinski definition) is 3. The van der Waals surface area contributed by atoms with E-state index in [0.29, 0.717) is 5.75 Å². The summed E-state index contributed by atoms with van der Waals surface area (Å²) in [6.07, 6.45) is 1.83. The summed E-state index contributed by atoms with van der Waals surface area (Å²) in [5.41, 5.74) is 1.28. The Morgan fingerprint density at radius 2 is 1.67 bits per heavy atom. The number of benzene rings is 3. The average Bonchev–Trinajstić information content (AvgIpc) is 2.71. The zero-order valence-corrected chi connectivity index (χ0v) is 15.8. The van der Waals surface area contributed by atoms with Crippen LogP contribution in [0.5, 0.6) is 11.5 Å². The van der Waals surface area contributed by atoms with E-state index in [-0.39, 0.29) is 18.6 Å². The van der Waals surface area contributed by atoms with Gasteiger partial charge in [-0.25, -0.2) is 0 Å². The number of nitrogens with one attached hydrogen (secondary N) is 1. The first-order valence-electron chi connectivity index (χ1n) is 9.18. The van der Waals surface area contributed by atoms with Crippen molar-refractivity contribution in [3.05, 3.63) is 72.3 Å². The van der Waals surface area contributed by atoms with Crippen LogP contribution in [0.4, 0.5) is 0 Å². The zero-order valence-electron chi connectivity index (χ0n) is 15.8. The van der Waals surface area contributed by atoms with Gasteiger partial charge in [-0.1, -0.05) is 42.5 Å². The van der Waals surface area contributed by atoms with Crippen LogP contribution in [0.3, 0.4) is 0 Å². The van der Waals surface area contributed by atoms with Crippen molar-refractivity contribution in [1.82, 2.24) is 5.32 Å². The molecule has 27 heavy (non-hydrogen) atoms. The molecular weight excluding hydrogens is 338 g/mol. The van der Waals surface area contributed by atoms with E-state index in [2.05, 4.69) is 17.4 Å². The van der Waals surface area contributed by atoms with Gasteiger partial charge in [-0.05, 0) is 60.4 Å². The third-order valence-corrected chi connectivity index (χ3v) is 4.51. The summed E-state index contributed by atoms with van der Waals surface area (Å²) in [5, 5.41) is 5.11. The number of methoxy groups -OCH3 is 1. The van der Waals surface area contributed by atoms with E-state index < -0.39 is 0 Å². The third kappa shape index (κ3) is 5.48. The summed E-state index contributed by atoms with van der Waals surface area (Å²) in [4.78, 5) is 12.1. The van der Waals surface area contributed by atoms with Gasteiger partial charge in [0, 0.05) is 6.04 Å². The maximum atomic E-state index is 12.1. The molecule has 3 rings (SSSR count). The molecule has 0 aliphatic rings. The summed E-state index contributed by atoms with van der Waals surface area (Å²) in [7, 11) is 1.64. The Balaban J connectivity index is 1.48. The fourth-order valence-corrected chi connectivity index (χ4v) is 2.99. The molecule has 0 spiro atoms. The van der Waals surface area contributed by atoms with Crippen molar-refractivity contribution in [2.45, 2.75) is 25.8 Å². The molecule has 3 aromatic rings. The predicted octanol–water partition coefficient (Wildman–Crippen LogP) is 4.36. The van der Waals surface area contributed by atoms with Gasteiger partial charge in [-0.3, -0.25) is 4.79 Å². The zero-order chi connectivity index (χ0) is 19.1. The standard InChI is InChI=1S/C23H25NO3/c1-17(8-9-18-6-4-3-5-7-18)24-23(25)16-27-22-13-11-19-10-12-21(26-2)14-20(19)15-22/h3-7,10-15,17H,8-9,16H2,1-2H3,(H,24,25)/t17-/m1/s1. The van der Waals surface area contributed by atoms with Crippen molar-refractivity contribution < 1.29 is 14.3 Å². The molecule has 0 unspecified atom stereocenters. The second-order valence-electron chi connectivity index (χ2n) is 6.66. The number of amides is 1. The molecule has 1 N–H and O–H groups in total. The molecule has 0 saturated heterocycles. The Morgan fingerprint density at radius 3 is 2.41 bits per heavy atom. The normalized spacial score (nSPS) is 11.8. The number of carbonyl (C=O) groups excluding carboxylic acids is 1. The van der Waals surface area contributed by atoms with E-state index in [1.807, 2.05) is 61.5 Å². The van der Waals surface area contributed by atoms with Crippen LogP contribution in [0.15, 0.2) is 66.7 Å². The lowest BCUT2D eigenvalue weighted by molar-refractivity contribution is -0.123. The van der Waals surface area contributed by atoms with Crippen LogP contribution in [-0.4, -0.2) is 25.7 Å². The molecule has 0 radical (unpaired) electrons. The molecule has 4 nitrogen and oxygen atoms in total. The minimum absolute atomic E-state index is 0.00511. The predicted molar refractivity (Wildman–Crippen MR) is 108 cm³/mol. The molecule has 0 aliphatic heterocycles. The summed E-state index contributed by atoms with van der Waals surface area (Å²) in [5.74, 6) is 1.36. The lowest BCUT2D eigenvalue weighted by Gasteiger charge is -2.14. The van der Waals surface area contributed by atoms with Gasteiger partial charge in [0.05, 0.1) is 7.11 Å². The fourth-order valence-electron chi connectivity index (χ4n) is 2.99. The van der Waals surface area contributed by atoms with E-state index in [1.54, 1.807) is 7.11 Å². The molecule has 4 heteroatoms. The minimum atomic E-state index is -0.110. The average molecular weight is 363 g/mol. The lowest BCUT2D eigenvalue weighted by atomic mass is 10.1. The number of ether oxygens (including phenoxy) is 2. The first-order valence-corrected chi connectivity index (χ1v) is 9.18. The lowest BCUT2D eigenvalue weighted by Crippen LogP contribution is -2.36. The van der Waals surface area contributed by atoms with Crippen LogP contribution in [0.1, 0.15) is 18.9 Å². The number of fused-ring (bicyclic) bond motifs is 1. The summed E-state index contributed by atoms with van der Waals surface area (Å²) < 4.78 is 10.9. The van der Waals surface area contributed by atoms with Crippen molar-refractivity contribution in [3.63, 3.8) is 0 Å². The van der Waals surface area contributed by atoms with E-state index in [0.717, 1.165) is 29.4 Å². The Kier molecular flexibility index (Phi) is 6.31. The Labute approximate surface area is 160 Å². The summed E-state index contributed by atoms with van der Waals surface area (Å²) >= 11 is 0. The largest absolute Gasteiger partial charge is 0.497 e. The van der Waals surface area contributed by atoms with Crippen LogP contribution in [0.2, 0.25) is 0 Å². The van der Waals surface area contributed by atoms with Crippen LogP contribution < -0.4 is 14.8 Å². The van der Waals surface area contributed by atoms with Crippen LogP contribution in [0.25, 0.3) is 10.8 Å². The summed E-state index contributed by atoms with van der Waals surface area (Å²) in [6.45, 7) is 2.02. The van der Waals surface area contributed by atoms with Gasteiger partial charge >= 0.3 is 0 Å². The monoisotopic (exact) mass is 363 g/mol. The van der Waals surface area contributed by atoms with Crippen molar-refractivity contribution >= 4 is 16.7 Å². The van der Waals surface area contributed by atoms with E-state index in [9.17, 15) is 4.79 Å². The highest BCUT2D eigenvalue weighted by Gasteiger charge is 2.09. The van der Waals surface area contributed by atoms with Gasteiger partial charge in [0.25, 0.3) is 5.91 Å². The Morgan fingerprint density at radius 1 is 0.963 bits per heavy atom.